The van der Waals surface area contributed by atoms with Gasteiger partial charge in [0.05, 0.1) is 17.6 Å². The summed E-state index contributed by atoms with van der Waals surface area (Å²) in [6.45, 7) is 6.80. The fraction of sp³-hybridized carbons (Fsp3) is 0.524. The molecule has 29 heavy (non-hydrogen) atoms. The molecule has 8 heteroatoms. The van der Waals surface area contributed by atoms with Crippen molar-refractivity contribution in [3.05, 3.63) is 34.7 Å². The minimum absolute atomic E-state index is 0.0559. The number of hydrogen-bond acceptors (Lipinski definition) is 7. The molecule has 7 nitrogen and oxygen atoms in total. The van der Waals surface area contributed by atoms with Crippen LogP contribution in [0.2, 0.25) is 0 Å². The Hall–Kier alpha value is -1.87. The lowest BCUT2D eigenvalue weighted by molar-refractivity contribution is -0.115. The third kappa shape index (κ3) is 5.60. The van der Waals surface area contributed by atoms with Crippen molar-refractivity contribution >= 4 is 29.0 Å². The molecule has 0 spiro atoms. The maximum absolute atomic E-state index is 11.6. The van der Waals surface area contributed by atoms with Crippen LogP contribution in [-0.4, -0.2) is 67.7 Å². The van der Waals surface area contributed by atoms with Gasteiger partial charge in [0.15, 0.2) is 0 Å². The van der Waals surface area contributed by atoms with Gasteiger partial charge in [0.25, 0.3) is 11.1 Å². The van der Waals surface area contributed by atoms with Crippen molar-refractivity contribution in [3.8, 4) is 5.75 Å². The van der Waals surface area contributed by atoms with Gasteiger partial charge in [0.1, 0.15) is 11.9 Å². The number of carbonyl (C=O) groups is 2. The monoisotopic (exact) mass is 420 g/mol. The van der Waals surface area contributed by atoms with Gasteiger partial charge in [0, 0.05) is 25.8 Å². The van der Waals surface area contributed by atoms with Gasteiger partial charge in [-0.05, 0) is 62.9 Å². The molecule has 2 amide bonds. The Morgan fingerprint density at radius 1 is 1.17 bits per heavy atom. The molecule has 2 aliphatic rings. The van der Waals surface area contributed by atoms with E-state index in [9.17, 15) is 9.59 Å². The first-order chi connectivity index (χ1) is 14.0. The summed E-state index contributed by atoms with van der Waals surface area (Å²) in [4.78, 5) is 25.5. The molecule has 0 aromatic heterocycles. The van der Waals surface area contributed by atoms with E-state index in [2.05, 4.69) is 17.3 Å². The van der Waals surface area contributed by atoms with Crippen LogP contribution < -0.4 is 10.1 Å². The largest absolute Gasteiger partial charge is 0.494 e. The number of rotatable bonds is 9. The van der Waals surface area contributed by atoms with Crippen molar-refractivity contribution in [2.75, 3.05) is 33.4 Å². The highest BCUT2D eigenvalue weighted by Crippen LogP contribution is 2.27. The number of carbonyl (C=O) groups excluding carboxylic acids is 2. The van der Waals surface area contributed by atoms with E-state index >= 15 is 0 Å². The second-order valence-corrected chi connectivity index (χ2v) is 7.99. The zero-order chi connectivity index (χ0) is 20.8. The van der Waals surface area contributed by atoms with E-state index in [0.717, 1.165) is 36.0 Å². The predicted molar refractivity (Wildman–Crippen MR) is 113 cm³/mol. The molecule has 2 fully saturated rings. The smallest absolute Gasteiger partial charge is 0.290 e. The second kappa shape index (κ2) is 10.2. The molecule has 0 saturated carbocycles. The minimum atomic E-state index is -0.352. The number of nitrogens with zero attached hydrogens (tertiary/aromatic N) is 1. The highest BCUT2D eigenvalue weighted by Gasteiger charge is 2.40. The van der Waals surface area contributed by atoms with Crippen molar-refractivity contribution in [1.82, 2.24) is 10.2 Å². The summed E-state index contributed by atoms with van der Waals surface area (Å²) >= 11 is 0.912. The number of nitrogens with one attached hydrogen (secondary N) is 1. The Morgan fingerprint density at radius 2 is 1.90 bits per heavy atom. The van der Waals surface area contributed by atoms with E-state index in [1.54, 1.807) is 6.08 Å². The molecule has 1 N–H and O–H groups in total. The van der Waals surface area contributed by atoms with E-state index in [4.69, 9.17) is 14.2 Å². The molecule has 3 rings (SSSR count). The van der Waals surface area contributed by atoms with Gasteiger partial charge >= 0.3 is 0 Å². The van der Waals surface area contributed by atoms with Gasteiger partial charge in [0.2, 0.25) is 0 Å². The van der Waals surface area contributed by atoms with Crippen molar-refractivity contribution in [2.24, 2.45) is 0 Å². The third-order valence-electron chi connectivity index (χ3n) is 5.02. The number of thioether (sulfide) groups is 1. The summed E-state index contributed by atoms with van der Waals surface area (Å²) in [5, 5.41) is 1.91. The van der Waals surface area contributed by atoms with E-state index in [0.29, 0.717) is 24.7 Å². The highest BCUT2D eigenvalue weighted by molar-refractivity contribution is 8.18. The average Bonchev–Trinajstić information content (AvgIpc) is 3.16. The van der Waals surface area contributed by atoms with Crippen LogP contribution in [0.3, 0.4) is 0 Å². The maximum Gasteiger partial charge on any atom is 0.290 e. The summed E-state index contributed by atoms with van der Waals surface area (Å²) in [5.41, 5.74) is 0.844. The van der Waals surface area contributed by atoms with Crippen molar-refractivity contribution in [1.29, 1.82) is 0 Å². The van der Waals surface area contributed by atoms with Gasteiger partial charge in [-0.2, -0.15) is 0 Å². The number of hydrogen-bond donors (Lipinski definition) is 1. The molecular formula is C21H28N2O5S. The van der Waals surface area contributed by atoms with Crippen LogP contribution in [0.4, 0.5) is 4.79 Å². The molecular weight excluding hydrogens is 392 g/mol. The fourth-order valence-electron chi connectivity index (χ4n) is 3.71. The highest BCUT2D eigenvalue weighted by atomic mass is 32.2. The lowest BCUT2D eigenvalue weighted by atomic mass is 10.1. The number of ether oxygens (including phenoxy) is 3. The van der Waals surface area contributed by atoms with E-state index in [1.165, 1.54) is 0 Å². The van der Waals surface area contributed by atoms with E-state index < -0.39 is 0 Å². The van der Waals surface area contributed by atoms with Crippen LogP contribution in [0, 0.1) is 0 Å². The summed E-state index contributed by atoms with van der Waals surface area (Å²) < 4.78 is 17.7. The van der Waals surface area contributed by atoms with E-state index in [-0.39, 0.29) is 29.4 Å². The van der Waals surface area contributed by atoms with Crippen LogP contribution in [0.1, 0.15) is 25.8 Å². The van der Waals surface area contributed by atoms with Gasteiger partial charge in [-0.15, -0.1) is 0 Å². The average molecular weight is 421 g/mol. The van der Waals surface area contributed by atoms with Gasteiger partial charge < -0.3 is 14.2 Å². The predicted octanol–water partition coefficient (Wildman–Crippen LogP) is 2.90. The number of amides is 2. The second-order valence-electron chi connectivity index (χ2n) is 6.98. The molecule has 0 radical (unpaired) electrons. The fourth-order valence-corrected chi connectivity index (χ4v) is 4.39. The Balaban J connectivity index is 1.53. The van der Waals surface area contributed by atoms with Crippen molar-refractivity contribution in [3.63, 3.8) is 0 Å². The van der Waals surface area contributed by atoms with Crippen LogP contribution in [0.25, 0.3) is 6.08 Å². The number of benzene rings is 1. The maximum atomic E-state index is 11.6. The van der Waals surface area contributed by atoms with Crippen LogP contribution in [-0.2, 0) is 14.3 Å². The van der Waals surface area contributed by atoms with Crippen LogP contribution >= 0.6 is 11.8 Å². The zero-order valence-electron chi connectivity index (χ0n) is 17.1. The lowest BCUT2D eigenvalue weighted by Gasteiger charge is -2.26. The molecule has 0 bridgehead atoms. The molecule has 2 saturated heterocycles. The molecule has 3 atom stereocenters. The normalized spacial score (nSPS) is 26.3. The van der Waals surface area contributed by atoms with Crippen molar-refractivity contribution < 1.29 is 23.8 Å². The molecule has 2 aliphatic heterocycles. The molecule has 1 aromatic rings. The summed E-state index contributed by atoms with van der Waals surface area (Å²) in [6.07, 6.45) is 2.69. The zero-order valence-corrected chi connectivity index (χ0v) is 17.9. The Morgan fingerprint density at radius 3 is 2.52 bits per heavy atom. The number of imide groups is 1. The lowest BCUT2D eigenvalue weighted by Crippen LogP contribution is -2.38. The van der Waals surface area contributed by atoms with Crippen molar-refractivity contribution in [2.45, 2.75) is 38.5 Å². The SMILES string of the molecule is CCO[C@@H]1CN(C)C(CCOc2ccc(/C=C3\SC(=O)NC3=O)cc2)[C@@H]1OCC. The topological polar surface area (TPSA) is 77.1 Å². The Labute approximate surface area is 175 Å². The first kappa shape index (κ1) is 21.8. The molecule has 158 valence electrons. The summed E-state index contributed by atoms with van der Waals surface area (Å²) in [5.74, 6) is 0.414. The first-order valence-corrected chi connectivity index (χ1v) is 10.7. The van der Waals surface area contributed by atoms with Crippen LogP contribution in [0.5, 0.6) is 5.75 Å². The molecule has 0 aliphatic carbocycles. The Kier molecular flexibility index (Phi) is 7.71. The third-order valence-corrected chi connectivity index (χ3v) is 5.83. The molecule has 1 unspecified atom stereocenters. The number of likely N-dealkylation sites (N-methyl/N-ethyl adjacent to an activating group) is 1. The summed E-state index contributed by atoms with van der Waals surface area (Å²) in [7, 11) is 2.10. The Bertz CT molecular complexity index is 752. The van der Waals surface area contributed by atoms with Gasteiger partial charge in [-0.25, -0.2) is 0 Å². The van der Waals surface area contributed by atoms with E-state index in [1.807, 2.05) is 38.1 Å². The minimum Gasteiger partial charge on any atom is -0.494 e. The first-order valence-electron chi connectivity index (χ1n) is 9.93. The quantitative estimate of drug-likeness (QED) is 0.616. The standard InChI is InChI=1S/C21H28N2O5S/c1-4-26-17-13-23(3)16(19(17)27-5-2)10-11-28-15-8-6-14(7-9-15)12-18-20(24)22-21(25)29-18/h6-9,12,16-17,19H,4-5,10-11,13H2,1-3H3,(H,22,24,25)/b18-12-/t16?,17-,19+/m1/s1. The van der Waals surface area contributed by atoms with Gasteiger partial charge in [-0.3, -0.25) is 19.8 Å². The molecule has 1 aromatic carbocycles. The number of likely N-dealkylation sites (tertiary alicyclic amines) is 1. The van der Waals surface area contributed by atoms with Crippen LogP contribution in [0.15, 0.2) is 29.2 Å². The van der Waals surface area contributed by atoms with Gasteiger partial charge in [-0.1, -0.05) is 12.1 Å². The summed E-state index contributed by atoms with van der Waals surface area (Å²) in [6, 6.07) is 7.73. The molecule has 2 heterocycles.